The first-order chi connectivity index (χ1) is 7.56. The summed E-state index contributed by atoms with van der Waals surface area (Å²) < 4.78 is 1.60. The molecular weight excluding hydrogens is 210 g/mol. The molecule has 0 bridgehead atoms. The van der Waals surface area contributed by atoms with Gasteiger partial charge in [-0.25, -0.2) is 4.79 Å². The van der Waals surface area contributed by atoms with E-state index in [0.29, 0.717) is 13.0 Å². The average Bonchev–Trinajstić information content (AvgIpc) is 2.76. The van der Waals surface area contributed by atoms with Gasteiger partial charge in [0.15, 0.2) is 0 Å². The topological polar surface area (TPSA) is 101 Å². The minimum Gasteiger partial charge on any atom is -0.478 e. The molecule has 1 saturated carbocycles. The van der Waals surface area contributed by atoms with E-state index in [0.717, 1.165) is 6.42 Å². The van der Waals surface area contributed by atoms with Crippen LogP contribution in [-0.4, -0.2) is 38.1 Å². The normalized spacial score (nSPS) is 29.5. The van der Waals surface area contributed by atoms with Gasteiger partial charge in [0.05, 0.1) is 17.9 Å². The Kier molecular flexibility index (Phi) is 2.93. The Morgan fingerprint density at radius 2 is 2.38 bits per heavy atom. The van der Waals surface area contributed by atoms with Gasteiger partial charge in [0.25, 0.3) is 0 Å². The number of carbonyl (C=O) groups is 1. The fraction of sp³-hybridized carbons (Fsp3) is 0.600. The predicted molar refractivity (Wildman–Crippen MR) is 55.9 cm³/mol. The van der Waals surface area contributed by atoms with Gasteiger partial charge < -0.3 is 15.9 Å². The number of rotatable bonds is 3. The van der Waals surface area contributed by atoms with Crippen molar-refractivity contribution in [2.75, 3.05) is 0 Å². The molecule has 1 aliphatic rings. The lowest BCUT2D eigenvalue weighted by molar-refractivity contribution is 0.0696. The number of carboxylic acids is 1. The molecule has 0 aromatic carbocycles. The van der Waals surface area contributed by atoms with Crippen LogP contribution in [0.1, 0.15) is 23.2 Å². The minimum absolute atomic E-state index is 0.167. The number of aliphatic hydroxyl groups is 1. The van der Waals surface area contributed by atoms with E-state index in [4.69, 9.17) is 10.8 Å². The molecular formula is C10H15N3O3. The van der Waals surface area contributed by atoms with Crippen LogP contribution in [0.5, 0.6) is 0 Å². The van der Waals surface area contributed by atoms with Crippen LogP contribution in [0.4, 0.5) is 0 Å². The van der Waals surface area contributed by atoms with Crippen LogP contribution >= 0.6 is 0 Å². The first-order valence-corrected chi connectivity index (χ1v) is 5.25. The molecule has 1 heterocycles. The van der Waals surface area contributed by atoms with Crippen LogP contribution in [0.25, 0.3) is 0 Å². The van der Waals surface area contributed by atoms with Gasteiger partial charge in [0, 0.05) is 18.8 Å². The average molecular weight is 225 g/mol. The fourth-order valence-electron chi connectivity index (χ4n) is 2.14. The Balaban J connectivity index is 1.97. The van der Waals surface area contributed by atoms with E-state index < -0.39 is 12.1 Å². The summed E-state index contributed by atoms with van der Waals surface area (Å²) in [7, 11) is 0. The summed E-state index contributed by atoms with van der Waals surface area (Å²) in [5.74, 6) is -0.707. The Labute approximate surface area is 92.7 Å². The second kappa shape index (κ2) is 4.23. The SMILES string of the molecule is N[C@@H]1CC(Cn2cc(C(=O)O)cn2)C[C@H]1O. The van der Waals surface area contributed by atoms with E-state index in [1.165, 1.54) is 12.4 Å². The standard InChI is InChI=1S/C10H15N3O3/c11-8-1-6(2-9(8)14)4-13-5-7(3-12-13)10(15)16/h3,5-6,8-9,14H,1-2,4,11H2,(H,15,16)/t6?,8-,9-/m1/s1. The van der Waals surface area contributed by atoms with Gasteiger partial charge in [-0.3, -0.25) is 4.68 Å². The summed E-state index contributed by atoms with van der Waals surface area (Å²) in [5.41, 5.74) is 5.89. The molecule has 1 fully saturated rings. The van der Waals surface area contributed by atoms with Crippen molar-refractivity contribution in [1.82, 2.24) is 9.78 Å². The number of aromatic carboxylic acids is 1. The van der Waals surface area contributed by atoms with Crippen LogP contribution < -0.4 is 5.73 Å². The van der Waals surface area contributed by atoms with Crippen molar-refractivity contribution in [1.29, 1.82) is 0 Å². The summed E-state index contributed by atoms with van der Waals surface area (Å²) in [6, 6.07) is -0.167. The van der Waals surface area contributed by atoms with Gasteiger partial charge in [0.2, 0.25) is 0 Å². The largest absolute Gasteiger partial charge is 0.478 e. The zero-order chi connectivity index (χ0) is 11.7. The molecule has 0 saturated heterocycles. The Hall–Kier alpha value is -1.40. The quantitative estimate of drug-likeness (QED) is 0.654. The number of nitrogens with zero attached hydrogens (tertiary/aromatic N) is 2. The summed E-state index contributed by atoms with van der Waals surface area (Å²) in [5, 5.41) is 22.2. The Bertz CT molecular complexity index is 380. The van der Waals surface area contributed by atoms with E-state index in [9.17, 15) is 9.90 Å². The van der Waals surface area contributed by atoms with E-state index >= 15 is 0 Å². The molecule has 2 rings (SSSR count). The lowest BCUT2D eigenvalue weighted by Gasteiger charge is -2.08. The van der Waals surface area contributed by atoms with Crippen molar-refractivity contribution in [2.45, 2.75) is 31.5 Å². The lowest BCUT2D eigenvalue weighted by atomic mass is 10.1. The molecule has 4 N–H and O–H groups in total. The zero-order valence-electron chi connectivity index (χ0n) is 8.78. The Morgan fingerprint density at radius 1 is 1.62 bits per heavy atom. The van der Waals surface area contributed by atoms with Crippen LogP contribution in [0.2, 0.25) is 0 Å². The molecule has 16 heavy (non-hydrogen) atoms. The van der Waals surface area contributed by atoms with Gasteiger partial charge in [0.1, 0.15) is 0 Å². The van der Waals surface area contributed by atoms with Crippen molar-refractivity contribution >= 4 is 5.97 Å². The van der Waals surface area contributed by atoms with Crippen molar-refractivity contribution in [3.63, 3.8) is 0 Å². The zero-order valence-corrected chi connectivity index (χ0v) is 8.78. The minimum atomic E-state index is -0.977. The molecule has 1 aromatic heterocycles. The summed E-state index contributed by atoms with van der Waals surface area (Å²) >= 11 is 0. The lowest BCUT2D eigenvalue weighted by Crippen LogP contribution is -2.28. The smallest absolute Gasteiger partial charge is 0.338 e. The molecule has 88 valence electrons. The highest BCUT2D eigenvalue weighted by Gasteiger charge is 2.30. The maximum Gasteiger partial charge on any atom is 0.338 e. The summed E-state index contributed by atoms with van der Waals surface area (Å²) in [4.78, 5) is 10.6. The van der Waals surface area contributed by atoms with Gasteiger partial charge in [-0.2, -0.15) is 5.10 Å². The van der Waals surface area contributed by atoms with E-state index in [1.54, 1.807) is 4.68 Å². The van der Waals surface area contributed by atoms with Gasteiger partial charge in [-0.05, 0) is 18.8 Å². The molecule has 1 aliphatic carbocycles. The summed E-state index contributed by atoms with van der Waals surface area (Å²) in [6.45, 7) is 0.609. The molecule has 0 spiro atoms. The number of aliphatic hydroxyl groups excluding tert-OH is 1. The third kappa shape index (κ3) is 2.23. The van der Waals surface area contributed by atoms with Gasteiger partial charge >= 0.3 is 5.97 Å². The molecule has 6 nitrogen and oxygen atoms in total. The molecule has 1 aromatic rings. The van der Waals surface area contributed by atoms with Crippen molar-refractivity contribution < 1.29 is 15.0 Å². The van der Waals surface area contributed by atoms with Crippen molar-refractivity contribution in [3.05, 3.63) is 18.0 Å². The number of carboxylic acid groups (broad SMARTS) is 1. The van der Waals surface area contributed by atoms with E-state index in [2.05, 4.69) is 5.10 Å². The maximum absolute atomic E-state index is 10.6. The summed E-state index contributed by atoms with van der Waals surface area (Å²) in [6.07, 6.45) is 3.79. The van der Waals surface area contributed by atoms with Crippen LogP contribution in [0.15, 0.2) is 12.4 Å². The molecule has 6 heteroatoms. The van der Waals surface area contributed by atoms with Gasteiger partial charge in [-0.1, -0.05) is 0 Å². The molecule has 1 unspecified atom stereocenters. The molecule has 0 radical (unpaired) electrons. The monoisotopic (exact) mass is 225 g/mol. The second-order valence-electron chi connectivity index (χ2n) is 4.32. The van der Waals surface area contributed by atoms with Crippen LogP contribution in [0, 0.1) is 5.92 Å². The van der Waals surface area contributed by atoms with Crippen LogP contribution in [0.3, 0.4) is 0 Å². The van der Waals surface area contributed by atoms with Gasteiger partial charge in [-0.15, -0.1) is 0 Å². The number of hydrogen-bond donors (Lipinski definition) is 3. The van der Waals surface area contributed by atoms with Crippen molar-refractivity contribution in [2.24, 2.45) is 11.7 Å². The number of nitrogens with two attached hydrogens (primary N) is 1. The number of aromatic nitrogens is 2. The highest BCUT2D eigenvalue weighted by Crippen LogP contribution is 2.25. The predicted octanol–water partition coefficient (Wildman–Crippen LogP) is -0.321. The molecule has 0 aliphatic heterocycles. The highest BCUT2D eigenvalue weighted by atomic mass is 16.4. The highest BCUT2D eigenvalue weighted by molar-refractivity contribution is 5.86. The van der Waals surface area contributed by atoms with E-state index in [-0.39, 0.29) is 17.5 Å². The molecule has 3 atom stereocenters. The van der Waals surface area contributed by atoms with E-state index in [1.807, 2.05) is 0 Å². The Morgan fingerprint density at radius 3 is 2.88 bits per heavy atom. The second-order valence-corrected chi connectivity index (χ2v) is 4.32. The third-order valence-electron chi connectivity index (χ3n) is 3.00. The number of hydrogen-bond acceptors (Lipinski definition) is 4. The van der Waals surface area contributed by atoms with Crippen LogP contribution in [-0.2, 0) is 6.54 Å². The first-order valence-electron chi connectivity index (χ1n) is 5.25. The maximum atomic E-state index is 10.6. The molecule has 0 amide bonds. The fourth-order valence-corrected chi connectivity index (χ4v) is 2.14. The van der Waals surface area contributed by atoms with Crippen molar-refractivity contribution in [3.8, 4) is 0 Å². The first kappa shape index (κ1) is 11.1. The third-order valence-corrected chi connectivity index (χ3v) is 3.00.